The number of anilines is 1. The van der Waals surface area contributed by atoms with Crippen LogP contribution in [0.3, 0.4) is 0 Å². The van der Waals surface area contributed by atoms with Crippen LogP contribution in [0.1, 0.15) is 31.3 Å². The Balaban J connectivity index is 2.47. The van der Waals surface area contributed by atoms with Crippen LogP contribution in [0.15, 0.2) is 12.1 Å². The molecule has 2 rings (SSSR count). The molecule has 0 radical (unpaired) electrons. The maximum absolute atomic E-state index is 13.4. The average Bonchev–Trinajstić information content (AvgIpc) is 2.73. The number of aromatic nitrogens is 2. The van der Waals surface area contributed by atoms with E-state index in [0.29, 0.717) is 5.82 Å². The summed E-state index contributed by atoms with van der Waals surface area (Å²) in [6.07, 6.45) is 0. The molecule has 2 aromatic rings. The second kappa shape index (κ2) is 4.31. The molecule has 0 aliphatic heterocycles. The number of hydrogen-bond acceptors (Lipinski definition) is 4. The highest BCUT2D eigenvalue weighted by Crippen LogP contribution is 2.34. The van der Waals surface area contributed by atoms with Crippen LogP contribution in [0.4, 0.5) is 10.2 Å². The standard InChI is InChI=1S/C13H16FN3S/c1-7-10(14)11(15)17-12(16-7)8-5-6-9(18-8)13(2,3)4/h5-6H,1-4H3,(H2,15,16,17). The Labute approximate surface area is 110 Å². The number of rotatable bonds is 1. The first-order valence-corrected chi connectivity index (χ1v) is 6.51. The van der Waals surface area contributed by atoms with Gasteiger partial charge in [0.05, 0.1) is 10.6 Å². The van der Waals surface area contributed by atoms with Crippen LogP contribution in [0, 0.1) is 12.7 Å². The SMILES string of the molecule is Cc1nc(-c2ccc(C(C)(C)C)s2)nc(N)c1F. The van der Waals surface area contributed by atoms with Gasteiger partial charge in [0.1, 0.15) is 0 Å². The first-order chi connectivity index (χ1) is 8.29. The topological polar surface area (TPSA) is 51.8 Å². The molecule has 0 aromatic carbocycles. The molecule has 2 N–H and O–H groups in total. The molecule has 0 atom stereocenters. The van der Waals surface area contributed by atoms with E-state index in [1.807, 2.05) is 6.07 Å². The predicted octanol–water partition coefficient (Wildman–Crippen LogP) is 3.53. The highest BCUT2D eigenvalue weighted by molar-refractivity contribution is 7.15. The van der Waals surface area contributed by atoms with E-state index < -0.39 is 5.82 Å². The molecule has 0 unspecified atom stereocenters. The Morgan fingerprint density at radius 2 is 1.89 bits per heavy atom. The molecule has 0 saturated heterocycles. The molecule has 0 aliphatic rings. The molecule has 96 valence electrons. The third-order valence-corrected chi connectivity index (χ3v) is 4.12. The van der Waals surface area contributed by atoms with E-state index in [-0.39, 0.29) is 16.9 Å². The minimum absolute atomic E-state index is 0.0868. The van der Waals surface area contributed by atoms with E-state index in [9.17, 15) is 4.39 Å². The van der Waals surface area contributed by atoms with Gasteiger partial charge in [-0.3, -0.25) is 0 Å². The molecule has 0 fully saturated rings. The van der Waals surface area contributed by atoms with Crippen LogP contribution in [0.5, 0.6) is 0 Å². The highest BCUT2D eigenvalue weighted by Gasteiger charge is 2.18. The summed E-state index contributed by atoms with van der Waals surface area (Å²) in [5.74, 6) is -0.138. The van der Waals surface area contributed by atoms with E-state index in [0.717, 1.165) is 4.88 Å². The van der Waals surface area contributed by atoms with Gasteiger partial charge in [0.15, 0.2) is 17.5 Å². The van der Waals surface area contributed by atoms with Gasteiger partial charge in [-0.25, -0.2) is 14.4 Å². The first-order valence-electron chi connectivity index (χ1n) is 5.69. The zero-order valence-corrected chi connectivity index (χ0v) is 11.7. The van der Waals surface area contributed by atoms with Gasteiger partial charge in [-0.05, 0) is 24.5 Å². The molecule has 18 heavy (non-hydrogen) atoms. The lowest BCUT2D eigenvalue weighted by Gasteiger charge is -2.15. The van der Waals surface area contributed by atoms with E-state index >= 15 is 0 Å². The van der Waals surface area contributed by atoms with Gasteiger partial charge in [-0.2, -0.15) is 0 Å². The molecule has 2 aromatic heterocycles. The van der Waals surface area contributed by atoms with Gasteiger partial charge in [-0.1, -0.05) is 20.8 Å². The fourth-order valence-electron chi connectivity index (χ4n) is 1.55. The van der Waals surface area contributed by atoms with Gasteiger partial charge in [0, 0.05) is 4.88 Å². The molecule has 0 saturated carbocycles. The molecular weight excluding hydrogens is 249 g/mol. The van der Waals surface area contributed by atoms with Crippen LogP contribution < -0.4 is 5.73 Å². The van der Waals surface area contributed by atoms with Crippen molar-refractivity contribution in [2.45, 2.75) is 33.1 Å². The van der Waals surface area contributed by atoms with E-state index in [2.05, 4.69) is 36.8 Å². The smallest absolute Gasteiger partial charge is 0.186 e. The van der Waals surface area contributed by atoms with Crippen molar-refractivity contribution in [2.75, 3.05) is 5.73 Å². The number of halogens is 1. The summed E-state index contributed by atoms with van der Waals surface area (Å²) in [6.45, 7) is 8.03. The largest absolute Gasteiger partial charge is 0.381 e. The lowest BCUT2D eigenvalue weighted by Crippen LogP contribution is -2.07. The summed E-state index contributed by atoms with van der Waals surface area (Å²) in [5, 5.41) is 0. The molecule has 5 heteroatoms. The van der Waals surface area contributed by atoms with Gasteiger partial charge >= 0.3 is 0 Å². The van der Waals surface area contributed by atoms with Crippen molar-refractivity contribution in [1.29, 1.82) is 0 Å². The molecule has 2 heterocycles. The van der Waals surface area contributed by atoms with Crippen molar-refractivity contribution < 1.29 is 4.39 Å². The summed E-state index contributed by atoms with van der Waals surface area (Å²) < 4.78 is 13.4. The normalized spacial score (nSPS) is 11.8. The van der Waals surface area contributed by atoms with Crippen molar-refractivity contribution >= 4 is 17.2 Å². The summed E-state index contributed by atoms with van der Waals surface area (Å²) in [7, 11) is 0. The fourth-order valence-corrected chi connectivity index (χ4v) is 2.55. The summed E-state index contributed by atoms with van der Waals surface area (Å²) in [4.78, 5) is 10.3. The molecule has 0 bridgehead atoms. The van der Waals surface area contributed by atoms with Crippen molar-refractivity contribution in [3.05, 3.63) is 28.5 Å². The Kier molecular flexibility index (Phi) is 3.11. The Morgan fingerprint density at radius 1 is 1.22 bits per heavy atom. The van der Waals surface area contributed by atoms with Crippen molar-refractivity contribution in [2.24, 2.45) is 0 Å². The number of thiophene rings is 1. The van der Waals surface area contributed by atoms with Crippen LogP contribution in [-0.4, -0.2) is 9.97 Å². The summed E-state index contributed by atoms with van der Waals surface area (Å²) in [5.41, 5.74) is 5.90. The Bertz CT molecular complexity index is 561. The van der Waals surface area contributed by atoms with E-state index in [4.69, 9.17) is 5.73 Å². The van der Waals surface area contributed by atoms with Crippen molar-refractivity contribution in [1.82, 2.24) is 9.97 Å². The monoisotopic (exact) mass is 265 g/mol. The number of nitrogen functional groups attached to an aromatic ring is 1. The predicted molar refractivity (Wildman–Crippen MR) is 73.2 cm³/mol. The lowest BCUT2D eigenvalue weighted by atomic mass is 9.95. The maximum Gasteiger partial charge on any atom is 0.186 e. The lowest BCUT2D eigenvalue weighted by molar-refractivity contribution is 0.604. The van der Waals surface area contributed by atoms with Crippen molar-refractivity contribution in [3.63, 3.8) is 0 Å². The molecule has 3 nitrogen and oxygen atoms in total. The second-order valence-corrected chi connectivity index (χ2v) is 6.33. The molecule has 0 spiro atoms. The van der Waals surface area contributed by atoms with Crippen molar-refractivity contribution in [3.8, 4) is 10.7 Å². The van der Waals surface area contributed by atoms with Gasteiger partial charge in [-0.15, -0.1) is 11.3 Å². The highest BCUT2D eigenvalue weighted by atomic mass is 32.1. The minimum atomic E-state index is -0.536. The Hall–Kier alpha value is -1.49. The third kappa shape index (κ3) is 2.36. The molecule has 0 aliphatic carbocycles. The molecular formula is C13H16FN3S. The van der Waals surface area contributed by atoms with Gasteiger partial charge < -0.3 is 5.73 Å². The summed E-state index contributed by atoms with van der Waals surface area (Å²) in [6, 6.07) is 4.01. The van der Waals surface area contributed by atoms with Crippen LogP contribution in [0.25, 0.3) is 10.7 Å². The van der Waals surface area contributed by atoms with Gasteiger partial charge in [0.2, 0.25) is 0 Å². The number of nitrogens with zero attached hydrogens (tertiary/aromatic N) is 2. The zero-order valence-electron chi connectivity index (χ0n) is 10.9. The molecule has 0 amide bonds. The Morgan fingerprint density at radius 3 is 2.39 bits per heavy atom. The number of aryl methyl sites for hydroxylation is 1. The van der Waals surface area contributed by atoms with E-state index in [1.54, 1.807) is 18.3 Å². The maximum atomic E-state index is 13.4. The quantitative estimate of drug-likeness (QED) is 0.858. The van der Waals surface area contributed by atoms with E-state index in [1.165, 1.54) is 4.88 Å². The fraction of sp³-hybridized carbons (Fsp3) is 0.385. The summed E-state index contributed by atoms with van der Waals surface area (Å²) >= 11 is 1.61. The second-order valence-electron chi connectivity index (χ2n) is 5.25. The van der Waals surface area contributed by atoms with Crippen LogP contribution in [0.2, 0.25) is 0 Å². The number of nitrogens with two attached hydrogens (primary N) is 1. The van der Waals surface area contributed by atoms with Crippen LogP contribution >= 0.6 is 11.3 Å². The zero-order chi connectivity index (χ0) is 13.5. The number of hydrogen-bond donors (Lipinski definition) is 1. The average molecular weight is 265 g/mol. The minimum Gasteiger partial charge on any atom is -0.381 e. The van der Waals surface area contributed by atoms with Gasteiger partial charge in [0.25, 0.3) is 0 Å². The first kappa shape index (κ1) is 13.0. The van der Waals surface area contributed by atoms with Crippen LogP contribution in [-0.2, 0) is 5.41 Å². The third-order valence-electron chi connectivity index (χ3n) is 2.61.